The van der Waals surface area contributed by atoms with Crippen LogP contribution in [0.4, 0.5) is 5.69 Å². The van der Waals surface area contributed by atoms with Gasteiger partial charge in [0, 0.05) is 10.6 Å². The summed E-state index contributed by atoms with van der Waals surface area (Å²) in [5, 5.41) is 12.5. The first kappa shape index (κ1) is 25.1. The van der Waals surface area contributed by atoms with E-state index in [1.54, 1.807) is 4.57 Å². The van der Waals surface area contributed by atoms with Gasteiger partial charge in [0.2, 0.25) is 0 Å². The Kier molecular flexibility index (Phi) is 6.32. The number of aryl methyl sites for hydroxylation is 1. The van der Waals surface area contributed by atoms with E-state index in [2.05, 4.69) is 12.1 Å². The predicted octanol–water partition coefficient (Wildman–Crippen LogP) is 4.90. The molecular formula is C29H22ClN3O5S. The molecule has 1 aromatic heterocycles. The Morgan fingerprint density at radius 3 is 2.51 bits per heavy atom. The van der Waals surface area contributed by atoms with Crippen molar-refractivity contribution in [3.05, 3.63) is 123 Å². The molecular weight excluding hydrogens is 538 g/mol. The molecule has 2 heterocycles. The Labute approximate surface area is 231 Å². The van der Waals surface area contributed by atoms with Crippen LogP contribution in [-0.4, -0.2) is 23.7 Å². The highest BCUT2D eigenvalue weighted by atomic mass is 35.5. The van der Waals surface area contributed by atoms with Crippen LogP contribution in [-0.2, 0) is 6.42 Å². The molecule has 2 aliphatic rings. The van der Waals surface area contributed by atoms with Crippen LogP contribution in [0.5, 0.6) is 11.5 Å². The van der Waals surface area contributed by atoms with Crippen molar-refractivity contribution < 1.29 is 14.4 Å². The number of nitro benzene ring substituents is 1. The summed E-state index contributed by atoms with van der Waals surface area (Å²) in [6.07, 6.45) is 3.13. The molecule has 0 radical (unpaired) electrons. The molecule has 0 fully saturated rings. The molecule has 4 aromatic rings. The number of halogens is 1. The first-order chi connectivity index (χ1) is 18.9. The first-order valence-corrected chi connectivity index (χ1v) is 13.4. The fourth-order valence-corrected chi connectivity index (χ4v) is 6.38. The lowest BCUT2D eigenvalue weighted by Gasteiger charge is -2.30. The maximum absolute atomic E-state index is 14.0. The number of benzene rings is 3. The van der Waals surface area contributed by atoms with Crippen molar-refractivity contribution in [2.24, 2.45) is 4.99 Å². The van der Waals surface area contributed by atoms with Crippen LogP contribution < -0.4 is 24.4 Å². The number of thiazole rings is 1. The van der Waals surface area contributed by atoms with Crippen LogP contribution in [0.1, 0.15) is 34.7 Å². The first-order valence-electron chi connectivity index (χ1n) is 12.2. The zero-order valence-electron chi connectivity index (χ0n) is 21.0. The van der Waals surface area contributed by atoms with Gasteiger partial charge in [0.1, 0.15) is 0 Å². The van der Waals surface area contributed by atoms with E-state index in [1.807, 2.05) is 36.4 Å². The van der Waals surface area contributed by atoms with Crippen molar-refractivity contribution in [2.45, 2.75) is 18.9 Å². The maximum atomic E-state index is 14.0. The number of allylic oxidation sites excluding steroid dienone is 1. The van der Waals surface area contributed by atoms with E-state index in [4.69, 9.17) is 26.1 Å². The molecule has 0 amide bonds. The van der Waals surface area contributed by atoms with Gasteiger partial charge < -0.3 is 9.47 Å². The SMILES string of the molecule is COc1cc(/C=c2/sc3n(c2=O)[C@H](c2ccc(Cl)cc2)C2=C(N=3)c3ccccc3CC2)c([N+](=O)[O-])cc1OC. The maximum Gasteiger partial charge on any atom is 0.280 e. The Balaban J connectivity index is 1.62. The molecule has 196 valence electrons. The summed E-state index contributed by atoms with van der Waals surface area (Å²) in [7, 11) is 2.87. The van der Waals surface area contributed by atoms with Crippen LogP contribution in [0.3, 0.4) is 0 Å². The molecule has 0 spiro atoms. The van der Waals surface area contributed by atoms with Crippen LogP contribution in [0, 0.1) is 10.1 Å². The van der Waals surface area contributed by atoms with E-state index >= 15 is 0 Å². The van der Waals surface area contributed by atoms with Crippen molar-refractivity contribution >= 4 is 40.4 Å². The van der Waals surface area contributed by atoms with E-state index in [0.717, 1.165) is 35.2 Å². The Bertz CT molecular complexity index is 1860. The van der Waals surface area contributed by atoms with Crippen LogP contribution in [0.25, 0.3) is 11.8 Å². The largest absolute Gasteiger partial charge is 0.493 e. The molecule has 0 saturated heterocycles. The average Bonchev–Trinajstić information content (AvgIpc) is 3.26. The van der Waals surface area contributed by atoms with Gasteiger partial charge in [-0.3, -0.25) is 19.5 Å². The fourth-order valence-electron chi connectivity index (χ4n) is 5.27. The highest BCUT2D eigenvalue weighted by molar-refractivity contribution is 7.07. The number of hydrogen-bond acceptors (Lipinski definition) is 7. The molecule has 8 nitrogen and oxygen atoms in total. The van der Waals surface area contributed by atoms with Crippen molar-refractivity contribution in [2.75, 3.05) is 14.2 Å². The predicted molar refractivity (Wildman–Crippen MR) is 150 cm³/mol. The lowest BCUT2D eigenvalue weighted by Crippen LogP contribution is -2.38. The number of rotatable bonds is 5. The number of methoxy groups -OCH3 is 2. The van der Waals surface area contributed by atoms with Gasteiger partial charge in [0.05, 0.1) is 47.0 Å². The monoisotopic (exact) mass is 559 g/mol. The summed E-state index contributed by atoms with van der Waals surface area (Å²) in [5.74, 6) is 0.560. The van der Waals surface area contributed by atoms with E-state index < -0.39 is 4.92 Å². The second-order valence-electron chi connectivity index (χ2n) is 9.19. The average molecular weight is 560 g/mol. The van der Waals surface area contributed by atoms with Gasteiger partial charge in [-0.05, 0) is 53.8 Å². The highest BCUT2D eigenvalue weighted by Gasteiger charge is 2.32. The summed E-state index contributed by atoms with van der Waals surface area (Å²) in [6.45, 7) is 0. The fraction of sp³-hybridized carbons (Fsp3) is 0.172. The number of nitrogens with zero attached hydrogens (tertiary/aromatic N) is 3. The summed E-state index contributed by atoms with van der Waals surface area (Å²) < 4.78 is 12.6. The molecule has 1 aliphatic carbocycles. The van der Waals surface area contributed by atoms with Crippen LogP contribution >= 0.6 is 22.9 Å². The molecule has 0 N–H and O–H groups in total. The summed E-state index contributed by atoms with van der Waals surface area (Å²) in [4.78, 5) is 30.8. The smallest absolute Gasteiger partial charge is 0.280 e. The number of fused-ring (bicyclic) bond motifs is 3. The molecule has 10 heteroatoms. The molecule has 6 rings (SSSR count). The van der Waals surface area contributed by atoms with E-state index in [0.29, 0.717) is 20.1 Å². The number of hydrogen-bond donors (Lipinski definition) is 0. The van der Waals surface area contributed by atoms with Gasteiger partial charge in [0.25, 0.3) is 11.2 Å². The van der Waals surface area contributed by atoms with Gasteiger partial charge in [0.15, 0.2) is 16.3 Å². The standard InChI is InChI=1S/C29H22ClN3O5S/c1-37-23-13-18(22(33(35)36)15-24(23)38-2)14-25-28(34)32-27(17-7-10-19(30)11-8-17)21-12-9-16-5-3-4-6-20(16)26(21)31-29(32)39-25/h3-8,10-11,13-15,27H,9,12H2,1-2H3/b25-14+/t27-/m1/s1. The molecule has 1 atom stereocenters. The quantitative estimate of drug-likeness (QED) is 0.256. The molecule has 39 heavy (non-hydrogen) atoms. The van der Waals surface area contributed by atoms with Crippen LogP contribution in [0.2, 0.25) is 5.02 Å². The molecule has 3 aromatic carbocycles. The van der Waals surface area contributed by atoms with Gasteiger partial charge in [-0.1, -0.05) is 59.3 Å². The third-order valence-electron chi connectivity index (χ3n) is 7.07. The van der Waals surface area contributed by atoms with Gasteiger partial charge >= 0.3 is 0 Å². The van der Waals surface area contributed by atoms with Gasteiger partial charge in [-0.25, -0.2) is 4.99 Å². The third kappa shape index (κ3) is 4.24. The zero-order chi connectivity index (χ0) is 27.3. The summed E-state index contributed by atoms with van der Waals surface area (Å²) in [5.41, 5.74) is 4.91. The van der Waals surface area contributed by atoms with Crippen molar-refractivity contribution in [3.63, 3.8) is 0 Å². The summed E-state index contributed by atoms with van der Waals surface area (Å²) in [6, 6.07) is 18.1. The minimum atomic E-state index is -0.503. The topological polar surface area (TPSA) is 96.0 Å². The number of nitro groups is 1. The summed E-state index contributed by atoms with van der Waals surface area (Å²) >= 11 is 7.40. The van der Waals surface area contributed by atoms with E-state index in [9.17, 15) is 14.9 Å². The molecule has 0 unspecified atom stereocenters. The number of aromatic nitrogens is 1. The van der Waals surface area contributed by atoms with Gasteiger partial charge in [-0.2, -0.15) is 0 Å². The normalized spacial score (nSPS) is 16.2. The highest BCUT2D eigenvalue weighted by Crippen LogP contribution is 2.41. The van der Waals surface area contributed by atoms with Crippen molar-refractivity contribution in [1.29, 1.82) is 0 Å². The lowest BCUT2D eigenvalue weighted by atomic mass is 9.83. The molecule has 0 saturated carbocycles. The second kappa shape index (κ2) is 9.83. The van der Waals surface area contributed by atoms with E-state index in [1.165, 1.54) is 49.3 Å². The molecule has 0 bridgehead atoms. The van der Waals surface area contributed by atoms with Crippen molar-refractivity contribution in [3.8, 4) is 11.5 Å². The molecule has 1 aliphatic heterocycles. The van der Waals surface area contributed by atoms with Crippen molar-refractivity contribution in [1.82, 2.24) is 4.57 Å². The second-order valence-corrected chi connectivity index (χ2v) is 10.6. The Morgan fingerprint density at radius 2 is 1.79 bits per heavy atom. The van der Waals surface area contributed by atoms with Crippen LogP contribution in [0.15, 0.2) is 76.0 Å². The van der Waals surface area contributed by atoms with E-state index in [-0.39, 0.29) is 28.6 Å². The number of ether oxygens (including phenoxy) is 2. The zero-order valence-corrected chi connectivity index (χ0v) is 22.6. The minimum Gasteiger partial charge on any atom is -0.493 e. The third-order valence-corrected chi connectivity index (χ3v) is 8.31. The van der Waals surface area contributed by atoms with Gasteiger partial charge in [-0.15, -0.1) is 0 Å². The Hall–Kier alpha value is -4.21. The Morgan fingerprint density at radius 1 is 1.08 bits per heavy atom. The lowest BCUT2D eigenvalue weighted by molar-refractivity contribution is -0.385. The minimum absolute atomic E-state index is 0.194.